The third kappa shape index (κ3) is 4.23. The lowest BCUT2D eigenvalue weighted by Crippen LogP contribution is -2.17. The van der Waals surface area contributed by atoms with Gasteiger partial charge in [-0.25, -0.2) is 0 Å². The number of nitrogens with zero attached hydrogens (tertiary/aromatic N) is 1. The lowest BCUT2D eigenvalue weighted by atomic mass is 10.0. The molecule has 118 valence electrons. The van der Waals surface area contributed by atoms with Gasteiger partial charge < -0.3 is 4.90 Å². The van der Waals surface area contributed by atoms with Crippen LogP contribution in [0.1, 0.15) is 33.4 Å². The van der Waals surface area contributed by atoms with Gasteiger partial charge in [-0.2, -0.15) is 0 Å². The molecular formula is C22H25N. The first-order chi connectivity index (χ1) is 11.1. The fourth-order valence-corrected chi connectivity index (χ4v) is 2.67. The van der Waals surface area contributed by atoms with Gasteiger partial charge in [0, 0.05) is 13.1 Å². The van der Waals surface area contributed by atoms with Crippen molar-refractivity contribution in [2.24, 2.45) is 0 Å². The van der Waals surface area contributed by atoms with E-state index >= 15 is 0 Å². The molecule has 2 aromatic rings. The van der Waals surface area contributed by atoms with Gasteiger partial charge in [0.15, 0.2) is 0 Å². The molecule has 0 aliphatic carbocycles. The molecule has 0 aliphatic rings. The van der Waals surface area contributed by atoms with E-state index in [1.54, 1.807) is 0 Å². The first-order valence-electron chi connectivity index (χ1n) is 7.88. The molecule has 0 bridgehead atoms. The first kappa shape index (κ1) is 16.8. The van der Waals surface area contributed by atoms with E-state index in [2.05, 4.69) is 74.9 Å². The van der Waals surface area contributed by atoms with Crippen LogP contribution >= 0.6 is 0 Å². The lowest BCUT2D eigenvalue weighted by molar-refractivity contribution is 0.361. The number of benzene rings is 2. The second-order valence-electron chi connectivity index (χ2n) is 5.87. The van der Waals surface area contributed by atoms with Crippen LogP contribution in [-0.4, -0.2) is 4.90 Å². The van der Waals surface area contributed by atoms with Crippen molar-refractivity contribution in [1.82, 2.24) is 4.90 Å². The zero-order chi connectivity index (χ0) is 16.8. The molecule has 2 rings (SSSR count). The van der Waals surface area contributed by atoms with Crippen LogP contribution in [0, 0.1) is 13.8 Å². The number of rotatable bonds is 7. The van der Waals surface area contributed by atoms with Gasteiger partial charge in [0.1, 0.15) is 0 Å². The second kappa shape index (κ2) is 7.64. The quantitative estimate of drug-likeness (QED) is 0.631. The zero-order valence-corrected chi connectivity index (χ0v) is 14.2. The zero-order valence-electron chi connectivity index (χ0n) is 14.2. The highest BCUT2D eigenvalue weighted by molar-refractivity contribution is 5.50. The minimum absolute atomic E-state index is 0.857. The van der Waals surface area contributed by atoms with Gasteiger partial charge in [0.2, 0.25) is 0 Å². The second-order valence-corrected chi connectivity index (χ2v) is 5.87. The summed E-state index contributed by atoms with van der Waals surface area (Å²) in [5, 5.41) is 0. The minimum atomic E-state index is 0.857. The Bertz CT molecular complexity index is 665. The molecule has 0 saturated carbocycles. The highest BCUT2D eigenvalue weighted by atomic mass is 15.1. The van der Waals surface area contributed by atoms with E-state index in [1.807, 2.05) is 18.4 Å². The Morgan fingerprint density at radius 1 is 0.783 bits per heavy atom. The SMILES string of the molecule is C=Cc1ccc(CN(C=C)Cc2ccc(C=C)cc2C)c(C)c1. The Labute approximate surface area is 140 Å². The van der Waals surface area contributed by atoms with Crippen LogP contribution in [-0.2, 0) is 13.1 Å². The number of hydrogen-bond acceptors (Lipinski definition) is 1. The van der Waals surface area contributed by atoms with E-state index in [1.165, 1.54) is 22.3 Å². The predicted molar refractivity (Wildman–Crippen MR) is 102 cm³/mol. The van der Waals surface area contributed by atoms with E-state index in [-0.39, 0.29) is 0 Å². The van der Waals surface area contributed by atoms with Gasteiger partial charge in [-0.15, -0.1) is 0 Å². The fourth-order valence-electron chi connectivity index (χ4n) is 2.67. The van der Waals surface area contributed by atoms with Crippen molar-refractivity contribution in [2.75, 3.05) is 0 Å². The van der Waals surface area contributed by atoms with Crippen LogP contribution < -0.4 is 0 Å². The number of aryl methyl sites for hydroxylation is 2. The van der Waals surface area contributed by atoms with E-state index in [9.17, 15) is 0 Å². The summed E-state index contributed by atoms with van der Waals surface area (Å²) in [4.78, 5) is 2.24. The topological polar surface area (TPSA) is 3.24 Å². The Kier molecular flexibility index (Phi) is 5.59. The lowest BCUT2D eigenvalue weighted by Gasteiger charge is -2.22. The Morgan fingerprint density at radius 3 is 1.52 bits per heavy atom. The van der Waals surface area contributed by atoms with Crippen molar-refractivity contribution in [1.29, 1.82) is 0 Å². The summed E-state index contributed by atoms with van der Waals surface area (Å²) in [7, 11) is 0. The maximum absolute atomic E-state index is 3.97. The van der Waals surface area contributed by atoms with Gasteiger partial charge in [-0.05, 0) is 53.4 Å². The highest BCUT2D eigenvalue weighted by Crippen LogP contribution is 2.18. The molecule has 0 N–H and O–H groups in total. The van der Waals surface area contributed by atoms with Crippen molar-refractivity contribution in [3.63, 3.8) is 0 Å². The summed E-state index contributed by atoms with van der Waals surface area (Å²) in [6.45, 7) is 17.6. The average Bonchev–Trinajstić information content (AvgIpc) is 2.57. The summed E-state index contributed by atoms with van der Waals surface area (Å²) >= 11 is 0. The molecule has 1 heteroatoms. The highest BCUT2D eigenvalue weighted by Gasteiger charge is 2.07. The Morgan fingerprint density at radius 2 is 1.22 bits per heavy atom. The summed E-state index contributed by atoms with van der Waals surface area (Å²) in [5.74, 6) is 0. The third-order valence-electron chi connectivity index (χ3n) is 4.21. The predicted octanol–water partition coefficient (Wildman–Crippen LogP) is 5.74. The van der Waals surface area contributed by atoms with Gasteiger partial charge in [-0.1, -0.05) is 68.3 Å². The van der Waals surface area contributed by atoms with Gasteiger partial charge in [0.05, 0.1) is 0 Å². The van der Waals surface area contributed by atoms with Crippen molar-refractivity contribution >= 4 is 12.2 Å². The fraction of sp³-hybridized carbons (Fsp3) is 0.182. The molecule has 0 aliphatic heterocycles. The maximum Gasteiger partial charge on any atom is 0.0430 e. The molecule has 0 aromatic heterocycles. The molecule has 0 fully saturated rings. The minimum Gasteiger partial charge on any atom is -0.369 e. The van der Waals surface area contributed by atoms with E-state index in [0.717, 1.165) is 24.2 Å². The summed E-state index contributed by atoms with van der Waals surface area (Å²) in [6.07, 6.45) is 5.68. The normalized spacial score (nSPS) is 10.2. The Hall–Kier alpha value is -2.54. The molecule has 23 heavy (non-hydrogen) atoms. The van der Waals surface area contributed by atoms with Crippen LogP contribution in [0.15, 0.2) is 62.3 Å². The smallest absolute Gasteiger partial charge is 0.0430 e. The molecule has 0 radical (unpaired) electrons. The van der Waals surface area contributed by atoms with Crippen molar-refractivity contribution in [2.45, 2.75) is 26.9 Å². The van der Waals surface area contributed by atoms with Crippen LogP contribution in [0.2, 0.25) is 0 Å². The van der Waals surface area contributed by atoms with Crippen LogP contribution in [0.5, 0.6) is 0 Å². The molecular weight excluding hydrogens is 278 g/mol. The molecule has 0 unspecified atom stereocenters. The molecule has 2 aromatic carbocycles. The Balaban J connectivity index is 2.16. The van der Waals surface area contributed by atoms with Crippen molar-refractivity contribution < 1.29 is 0 Å². The van der Waals surface area contributed by atoms with Crippen molar-refractivity contribution in [3.8, 4) is 0 Å². The molecule has 0 amide bonds. The summed E-state index contributed by atoms with van der Waals surface area (Å²) < 4.78 is 0. The van der Waals surface area contributed by atoms with E-state index in [4.69, 9.17) is 0 Å². The largest absolute Gasteiger partial charge is 0.369 e. The van der Waals surface area contributed by atoms with Gasteiger partial charge in [-0.3, -0.25) is 0 Å². The van der Waals surface area contributed by atoms with Crippen molar-refractivity contribution in [3.05, 3.63) is 95.7 Å². The first-order valence-corrected chi connectivity index (χ1v) is 7.88. The van der Waals surface area contributed by atoms with Gasteiger partial charge in [0.25, 0.3) is 0 Å². The monoisotopic (exact) mass is 303 g/mol. The molecule has 0 saturated heterocycles. The maximum atomic E-state index is 3.97. The van der Waals surface area contributed by atoms with Gasteiger partial charge >= 0.3 is 0 Å². The van der Waals surface area contributed by atoms with Crippen LogP contribution in [0.25, 0.3) is 12.2 Å². The molecule has 0 spiro atoms. The summed E-state index contributed by atoms with van der Waals surface area (Å²) in [6, 6.07) is 12.9. The van der Waals surface area contributed by atoms with E-state index < -0.39 is 0 Å². The molecule has 0 atom stereocenters. The van der Waals surface area contributed by atoms with E-state index in [0.29, 0.717) is 0 Å². The third-order valence-corrected chi connectivity index (χ3v) is 4.21. The number of hydrogen-bond donors (Lipinski definition) is 0. The molecule has 1 nitrogen and oxygen atoms in total. The standard InChI is InChI=1S/C22H25N/c1-6-19-9-11-21(17(4)13-19)15-23(8-3)16-22-12-10-20(7-2)14-18(22)5/h6-14H,1-3,15-16H2,4-5H3. The molecule has 0 heterocycles. The van der Waals surface area contributed by atoms with Crippen LogP contribution in [0.4, 0.5) is 0 Å². The summed E-state index contributed by atoms with van der Waals surface area (Å²) in [5.41, 5.74) is 7.52. The average molecular weight is 303 g/mol. The van der Waals surface area contributed by atoms with Crippen LogP contribution in [0.3, 0.4) is 0 Å².